The van der Waals surface area contributed by atoms with E-state index >= 15 is 0 Å². The number of hydrogen-bond acceptors (Lipinski definition) is 1. The number of anilines is 3. The Hall–Kier alpha value is -5.14. The van der Waals surface area contributed by atoms with Crippen molar-refractivity contribution >= 4 is 38.6 Å². The van der Waals surface area contributed by atoms with Crippen molar-refractivity contribution in [2.45, 2.75) is 19.3 Å². The van der Waals surface area contributed by atoms with Crippen molar-refractivity contribution in [2.75, 3.05) is 4.90 Å². The molecule has 1 nitrogen and oxygen atoms in total. The van der Waals surface area contributed by atoms with Crippen LogP contribution >= 0.6 is 0 Å². The zero-order valence-electron chi connectivity index (χ0n) is 23.9. The van der Waals surface area contributed by atoms with Gasteiger partial charge in [-0.3, -0.25) is 0 Å². The van der Waals surface area contributed by atoms with Gasteiger partial charge in [0.25, 0.3) is 0 Å². The summed E-state index contributed by atoms with van der Waals surface area (Å²) < 4.78 is 0. The van der Waals surface area contributed by atoms with Gasteiger partial charge in [-0.25, -0.2) is 0 Å². The van der Waals surface area contributed by atoms with E-state index in [1.807, 2.05) is 0 Å². The van der Waals surface area contributed by atoms with Gasteiger partial charge < -0.3 is 4.90 Å². The number of hydrogen-bond donors (Lipinski definition) is 0. The summed E-state index contributed by atoms with van der Waals surface area (Å²) >= 11 is 0. The number of rotatable bonds is 4. The predicted molar refractivity (Wildman–Crippen MR) is 179 cm³/mol. The molecule has 0 fully saturated rings. The minimum absolute atomic E-state index is 0.00164. The van der Waals surface area contributed by atoms with Crippen LogP contribution in [0.1, 0.15) is 25.0 Å². The van der Waals surface area contributed by atoms with Crippen LogP contribution in [0.5, 0.6) is 0 Å². The highest BCUT2D eigenvalue weighted by Crippen LogP contribution is 2.50. The predicted octanol–water partition coefficient (Wildman–Crippen LogP) is 11.4. The molecule has 0 N–H and O–H groups in total. The average Bonchev–Trinajstić information content (AvgIpc) is 3.26. The maximum absolute atomic E-state index is 2.40. The second-order valence-electron chi connectivity index (χ2n) is 11.9. The Morgan fingerprint density at radius 1 is 0.381 bits per heavy atom. The van der Waals surface area contributed by atoms with Crippen LogP contribution in [0.25, 0.3) is 43.8 Å². The lowest BCUT2D eigenvalue weighted by Gasteiger charge is -2.26. The van der Waals surface area contributed by atoms with E-state index in [0.29, 0.717) is 0 Å². The maximum Gasteiger partial charge on any atom is 0.0468 e. The molecule has 0 saturated heterocycles. The number of nitrogens with zero attached hydrogens (tertiary/aromatic N) is 1. The van der Waals surface area contributed by atoms with Crippen LogP contribution in [0.15, 0.2) is 152 Å². The first kappa shape index (κ1) is 24.6. The van der Waals surface area contributed by atoms with Gasteiger partial charge >= 0.3 is 0 Å². The van der Waals surface area contributed by atoms with Crippen LogP contribution in [-0.4, -0.2) is 0 Å². The molecule has 0 aliphatic heterocycles. The molecule has 0 aromatic heterocycles. The summed E-state index contributed by atoms with van der Waals surface area (Å²) in [4.78, 5) is 2.36. The molecule has 0 heterocycles. The van der Waals surface area contributed by atoms with E-state index in [4.69, 9.17) is 0 Å². The molecule has 7 aromatic rings. The molecule has 200 valence electrons. The lowest BCUT2D eigenvalue weighted by atomic mass is 9.82. The minimum Gasteiger partial charge on any atom is -0.310 e. The molecular weight excluding hydrogens is 506 g/mol. The van der Waals surface area contributed by atoms with E-state index in [-0.39, 0.29) is 5.41 Å². The summed E-state index contributed by atoms with van der Waals surface area (Å²) in [5.74, 6) is 0. The number of para-hydroxylation sites is 1. The fourth-order valence-corrected chi connectivity index (χ4v) is 6.77. The largest absolute Gasteiger partial charge is 0.310 e. The van der Waals surface area contributed by atoms with Crippen molar-refractivity contribution < 1.29 is 0 Å². The molecule has 0 saturated carbocycles. The molecule has 1 aliphatic carbocycles. The summed E-state index contributed by atoms with van der Waals surface area (Å²) in [5, 5.41) is 5.06. The quantitative estimate of drug-likeness (QED) is 0.216. The molecule has 1 aliphatic rings. The summed E-state index contributed by atoms with van der Waals surface area (Å²) in [6, 6.07) is 55.4. The highest BCUT2D eigenvalue weighted by atomic mass is 15.1. The third-order valence-electron chi connectivity index (χ3n) is 9.01. The van der Waals surface area contributed by atoms with Gasteiger partial charge in [-0.1, -0.05) is 111 Å². The van der Waals surface area contributed by atoms with Crippen LogP contribution in [-0.2, 0) is 5.41 Å². The molecule has 42 heavy (non-hydrogen) atoms. The summed E-state index contributed by atoms with van der Waals surface area (Å²) in [6.07, 6.45) is 0. The topological polar surface area (TPSA) is 3.24 Å². The van der Waals surface area contributed by atoms with Crippen LogP contribution in [0.3, 0.4) is 0 Å². The van der Waals surface area contributed by atoms with Crippen molar-refractivity contribution in [2.24, 2.45) is 0 Å². The Labute approximate surface area is 247 Å². The second kappa shape index (κ2) is 9.46. The van der Waals surface area contributed by atoms with Gasteiger partial charge in [0.1, 0.15) is 0 Å². The summed E-state index contributed by atoms with van der Waals surface area (Å²) in [5.41, 5.74) is 11.4. The first-order chi connectivity index (χ1) is 20.6. The molecule has 8 rings (SSSR count). The van der Waals surface area contributed by atoms with Crippen LogP contribution in [0.4, 0.5) is 17.1 Å². The highest BCUT2D eigenvalue weighted by Gasteiger charge is 2.35. The van der Waals surface area contributed by atoms with E-state index < -0.39 is 0 Å². The lowest BCUT2D eigenvalue weighted by molar-refractivity contribution is 0.661. The minimum atomic E-state index is 0.00164. The molecule has 7 aromatic carbocycles. The van der Waals surface area contributed by atoms with Gasteiger partial charge in [0.05, 0.1) is 0 Å². The van der Waals surface area contributed by atoms with Crippen LogP contribution in [0, 0.1) is 0 Å². The van der Waals surface area contributed by atoms with Gasteiger partial charge in [-0.05, 0) is 110 Å². The Morgan fingerprint density at radius 3 is 1.83 bits per heavy atom. The normalized spacial score (nSPS) is 13.2. The first-order valence-corrected chi connectivity index (χ1v) is 14.7. The van der Waals surface area contributed by atoms with Gasteiger partial charge in [-0.2, -0.15) is 0 Å². The molecule has 0 spiro atoms. The second-order valence-corrected chi connectivity index (χ2v) is 11.9. The van der Waals surface area contributed by atoms with Crippen molar-refractivity contribution in [3.63, 3.8) is 0 Å². The standard InChI is InChI=1S/C41H31N/c1-41(2)39-15-9-8-14-37(39)38-26-33-25-36(23-20-32(33)27-40(38)41)42(34-12-4-3-5-13-34)35-21-18-29(19-22-35)31-17-16-28-10-6-7-11-30(28)24-31/h3-27H,1-2H3. The van der Waals surface area contributed by atoms with E-state index in [2.05, 4.69) is 170 Å². The third-order valence-corrected chi connectivity index (χ3v) is 9.01. The Balaban J connectivity index is 1.23. The molecular formula is C41H31N. The Kier molecular flexibility index (Phi) is 5.55. The van der Waals surface area contributed by atoms with Gasteiger partial charge in [0.15, 0.2) is 0 Å². The van der Waals surface area contributed by atoms with Gasteiger partial charge in [0.2, 0.25) is 0 Å². The lowest BCUT2D eigenvalue weighted by Crippen LogP contribution is -2.14. The molecule has 0 atom stereocenters. The molecule has 0 bridgehead atoms. The van der Waals surface area contributed by atoms with Gasteiger partial charge in [-0.15, -0.1) is 0 Å². The van der Waals surface area contributed by atoms with Crippen LogP contribution in [0.2, 0.25) is 0 Å². The molecule has 0 amide bonds. The zero-order chi connectivity index (χ0) is 28.3. The van der Waals surface area contributed by atoms with E-state index in [0.717, 1.165) is 17.1 Å². The van der Waals surface area contributed by atoms with E-state index in [1.54, 1.807) is 0 Å². The molecule has 0 unspecified atom stereocenters. The monoisotopic (exact) mass is 537 g/mol. The van der Waals surface area contributed by atoms with E-state index in [1.165, 1.54) is 54.9 Å². The fourth-order valence-electron chi connectivity index (χ4n) is 6.77. The van der Waals surface area contributed by atoms with E-state index in [9.17, 15) is 0 Å². The Morgan fingerprint density at radius 2 is 1.00 bits per heavy atom. The number of benzene rings is 7. The van der Waals surface area contributed by atoms with Crippen molar-refractivity contribution in [3.8, 4) is 22.3 Å². The Bertz CT molecular complexity index is 2100. The highest BCUT2D eigenvalue weighted by molar-refractivity contribution is 5.96. The summed E-state index contributed by atoms with van der Waals surface area (Å²) in [7, 11) is 0. The summed E-state index contributed by atoms with van der Waals surface area (Å²) in [6.45, 7) is 4.69. The van der Waals surface area contributed by atoms with Crippen molar-refractivity contribution in [3.05, 3.63) is 163 Å². The number of fused-ring (bicyclic) bond motifs is 5. The third kappa shape index (κ3) is 3.93. The van der Waals surface area contributed by atoms with Crippen molar-refractivity contribution in [1.29, 1.82) is 0 Å². The fraction of sp³-hybridized carbons (Fsp3) is 0.0732. The van der Waals surface area contributed by atoms with Crippen molar-refractivity contribution in [1.82, 2.24) is 0 Å². The van der Waals surface area contributed by atoms with Crippen LogP contribution < -0.4 is 4.90 Å². The SMILES string of the molecule is CC1(C)c2ccccc2-c2cc3cc(N(c4ccccc4)c4ccc(-c5ccc6ccccc6c5)cc4)ccc3cc21. The average molecular weight is 538 g/mol. The van der Waals surface area contributed by atoms with Gasteiger partial charge in [0, 0.05) is 22.5 Å². The maximum atomic E-state index is 2.40. The first-order valence-electron chi connectivity index (χ1n) is 14.7. The molecule has 1 heteroatoms. The zero-order valence-corrected chi connectivity index (χ0v) is 23.9. The molecule has 0 radical (unpaired) electrons. The smallest absolute Gasteiger partial charge is 0.0468 e.